The van der Waals surface area contributed by atoms with E-state index >= 15 is 0 Å². The Hall–Kier alpha value is -2.15. The summed E-state index contributed by atoms with van der Waals surface area (Å²) in [5.41, 5.74) is 3.06. The lowest BCUT2D eigenvalue weighted by Gasteiger charge is -2.22. The minimum absolute atomic E-state index is 0.0500. The molecule has 3 aromatic rings. The van der Waals surface area contributed by atoms with Crippen LogP contribution in [0, 0.1) is 0 Å². The molecule has 0 bridgehead atoms. The first-order valence-corrected chi connectivity index (χ1v) is 13.4. The Morgan fingerprint density at radius 1 is 0.889 bits per heavy atom. The number of carbonyl (C=O) groups excluding carboxylic acids is 1. The Balaban J connectivity index is 1.47. The summed E-state index contributed by atoms with van der Waals surface area (Å²) in [6, 6.07) is 22.7. The lowest BCUT2D eigenvalue weighted by molar-refractivity contribution is -0.171. The Morgan fingerprint density at radius 3 is 1.92 bits per heavy atom. The molecule has 0 aliphatic heterocycles. The highest BCUT2D eigenvalue weighted by atomic mass is 35.5. The van der Waals surface area contributed by atoms with Gasteiger partial charge >= 0.3 is 6.18 Å². The van der Waals surface area contributed by atoms with E-state index in [1.807, 2.05) is 36.0 Å². The van der Waals surface area contributed by atoms with E-state index in [2.05, 4.69) is 31.2 Å². The van der Waals surface area contributed by atoms with Crippen molar-refractivity contribution in [1.82, 2.24) is 0 Å². The van der Waals surface area contributed by atoms with Gasteiger partial charge in [0.1, 0.15) is 5.75 Å². The summed E-state index contributed by atoms with van der Waals surface area (Å²) < 4.78 is 42.8. The van der Waals surface area contributed by atoms with Gasteiger partial charge < -0.3 is 4.74 Å². The zero-order valence-electron chi connectivity index (χ0n) is 19.7. The largest absolute Gasteiger partial charge is 0.493 e. The molecular weight excluding hydrogens is 528 g/mol. The van der Waals surface area contributed by atoms with Crippen LogP contribution in [-0.2, 0) is 11.2 Å². The Kier molecular flexibility index (Phi) is 10.6. The highest BCUT2D eigenvalue weighted by molar-refractivity contribution is 7.99. The fourth-order valence-corrected chi connectivity index (χ4v) is 4.98. The number of hydrogen-bond donors (Lipinski definition) is 0. The highest BCUT2D eigenvalue weighted by Crippen LogP contribution is 2.34. The first kappa shape index (κ1) is 28.4. The van der Waals surface area contributed by atoms with Crippen LogP contribution in [0.2, 0.25) is 10.0 Å². The Morgan fingerprint density at radius 2 is 1.42 bits per heavy atom. The molecule has 0 amide bonds. The molecule has 36 heavy (non-hydrogen) atoms. The van der Waals surface area contributed by atoms with Crippen molar-refractivity contribution in [1.29, 1.82) is 0 Å². The number of ether oxygens (including phenoxy) is 1. The van der Waals surface area contributed by atoms with Crippen molar-refractivity contribution in [3.05, 3.63) is 99.5 Å². The maximum atomic E-state index is 12.3. The summed E-state index contributed by atoms with van der Waals surface area (Å²) in [5, 5.41) is 1.77. The van der Waals surface area contributed by atoms with Crippen LogP contribution in [0.1, 0.15) is 42.4 Å². The van der Waals surface area contributed by atoms with Gasteiger partial charge in [0, 0.05) is 33.4 Å². The lowest BCUT2D eigenvalue weighted by Crippen LogP contribution is -2.22. The topological polar surface area (TPSA) is 26.3 Å². The molecule has 0 spiro atoms. The molecule has 0 saturated heterocycles. The van der Waals surface area contributed by atoms with E-state index < -0.39 is 18.4 Å². The predicted octanol–water partition coefficient (Wildman–Crippen LogP) is 8.78. The molecule has 0 N–H and O–H groups in total. The molecule has 0 radical (unpaired) electrons. The average molecular weight is 555 g/mol. The summed E-state index contributed by atoms with van der Waals surface area (Å²) in [5.74, 6) is -0.0610. The smallest absolute Gasteiger partial charge is 0.449 e. The summed E-state index contributed by atoms with van der Waals surface area (Å²) >= 11 is 14.0. The van der Waals surface area contributed by atoms with Gasteiger partial charge in [-0.2, -0.15) is 24.9 Å². The van der Waals surface area contributed by atoms with Crippen LogP contribution in [-0.4, -0.2) is 29.6 Å². The molecule has 1 unspecified atom stereocenters. The van der Waals surface area contributed by atoms with Gasteiger partial charge in [-0.15, -0.1) is 0 Å². The second kappa shape index (κ2) is 13.4. The fraction of sp³-hybridized carbons (Fsp3) is 0.321. The number of rotatable bonds is 12. The van der Waals surface area contributed by atoms with Crippen LogP contribution in [0.4, 0.5) is 13.2 Å². The van der Waals surface area contributed by atoms with Gasteiger partial charge in [-0.3, -0.25) is 4.79 Å². The van der Waals surface area contributed by atoms with Crippen molar-refractivity contribution in [2.75, 3.05) is 12.4 Å². The van der Waals surface area contributed by atoms with Gasteiger partial charge in [0.15, 0.2) is 0 Å². The standard InChI is InChI=1S/C28H27Cl2F3O2S/c1-19(18-26(21-5-9-23(29)10-6-21)22-7-11-24(30)12-8-22)36-17-16-35-25-13-2-20(3-14-25)4-15-27(34)28(31,32)33/h2-3,5-14,19,26H,4,15-18H2,1H3. The molecular formula is C28H27Cl2F3O2S. The molecule has 8 heteroatoms. The molecule has 3 rings (SSSR count). The van der Waals surface area contributed by atoms with E-state index in [9.17, 15) is 18.0 Å². The first-order valence-electron chi connectivity index (χ1n) is 11.6. The minimum atomic E-state index is -4.78. The van der Waals surface area contributed by atoms with Crippen molar-refractivity contribution in [2.45, 2.75) is 43.5 Å². The van der Waals surface area contributed by atoms with Crippen molar-refractivity contribution >= 4 is 40.7 Å². The molecule has 2 nitrogen and oxygen atoms in total. The molecule has 0 heterocycles. The molecule has 3 aromatic carbocycles. The van der Waals surface area contributed by atoms with Crippen molar-refractivity contribution in [2.24, 2.45) is 0 Å². The molecule has 0 aliphatic rings. The number of benzene rings is 3. The van der Waals surface area contributed by atoms with E-state index in [-0.39, 0.29) is 12.3 Å². The number of carbonyl (C=O) groups is 1. The number of ketones is 1. The summed E-state index contributed by atoms with van der Waals surface area (Å²) in [6.07, 6.45) is -4.35. The van der Waals surface area contributed by atoms with Crippen LogP contribution in [0.25, 0.3) is 0 Å². The second-order valence-electron chi connectivity index (χ2n) is 8.49. The lowest BCUT2D eigenvalue weighted by atomic mass is 9.87. The second-order valence-corrected chi connectivity index (χ2v) is 10.9. The van der Waals surface area contributed by atoms with Gasteiger partial charge in [-0.25, -0.2) is 0 Å². The molecule has 0 saturated carbocycles. The van der Waals surface area contributed by atoms with E-state index in [0.29, 0.717) is 33.2 Å². The molecule has 1 atom stereocenters. The molecule has 0 fully saturated rings. The fourth-order valence-electron chi connectivity index (χ4n) is 3.82. The highest BCUT2D eigenvalue weighted by Gasteiger charge is 2.37. The van der Waals surface area contributed by atoms with Gasteiger partial charge in [0.05, 0.1) is 6.61 Å². The molecule has 0 aromatic heterocycles. The first-order chi connectivity index (χ1) is 17.1. The van der Waals surface area contributed by atoms with Crippen LogP contribution in [0.15, 0.2) is 72.8 Å². The number of hydrogen-bond acceptors (Lipinski definition) is 3. The van der Waals surface area contributed by atoms with Crippen LogP contribution >= 0.6 is 35.0 Å². The molecule has 0 aliphatic carbocycles. The maximum Gasteiger partial charge on any atom is 0.449 e. The summed E-state index contributed by atoms with van der Waals surface area (Å²) in [4.78, 5) is 11.0. The SMILES string of the molecule is CC(CC(c1ccc(Cl)cc1)c1ccc(Cl)cc1)SCCOc1ccc(CCC(=O)C(F)(F)F)cc1. The van der Waals surface area contributed by atoms with Gasteiger partial charge in [0.2, 0.25) is 5.78 Å². The van der Waals surface area contributed by atoms with Gasteiger partial charge in [-0.05, 0) is 65.9 Å². The van der Waals surface area contributed by atoms with E-state index in [4.69, 9.17) is 27.9 Å². The van der Waals surface area contributed by atoms with Crippen molar-refractivity contribution < 1.29 is 22.7 Å². The maximum absolute atomic E-state index is 12.3. The Labute approximate surface area is 224 Å². The van der Waals surface area contributed by atoms with E-state index in [1.54, 1.807) is 24.3 Å². The number of aryl methyl sites for hydroxylation is 1. The van der Waals surface area contributed by atoms with E-state index in [1.165, 1.54) is 11.1 Å². The average Bonchev–Trinajstić information content (AvgIpc) is 2.85. The number of thioether (sulfide) groups is 1. The zero-order valence-corrected chi connectivity index (χ0v) is 22.1. The van der Waals surface area contributed by atoms with Crippen molar-refractivity contribution in [3.8, 4) is 5.75 Å². The third-order valence-electron chi connectivity index (χ3n) is 5.75. The number of Topliss-reactive ketones (excluding diaryl/α,β-unsaturated/α-hetero) is 1. The Bertz CT molecular complexity index is 1060. The van der Waals surface area contributed by atoms with Crippen LogP contribution < -0.4 is 4.74 Å². The number of alkyl halides is 3. The normalized spacial score (nSPS) is 12.5. The third kappa shape index (κ3) is 9.06. The summed E-state index contributed by atoms with van der Waals surface area (Å²) in [6.45, 7) is 2.70. The number of halogens is 5. The zero-order chi connectivity index (χ0) is 26.1. The third-order valence-corrected chi connectivity index (χ3v) is 7.41. The van der Waals surface area contributed by atoms with Crippen LogP contribution in [0.3, 0.4) is 0 Å². The van der Waals surface area contributed by atoms with Crippen molar-refractivity contribution in [3.63, 3.8) is 0 Å². The quantitative estimate of drug-likeness (QED) is 0.209. The van der Waals surface area contributed by atoms with Crippen LogP contribution in [0.5, 0.6) is 5.75 Å². The van der Waals surface area contributed by atoms with Gasteiger partial charge in [0.25, 0.3) is 0 Å². The van der Waals surface area contributed by atoms with E-state index in [0.717, 1.165) is 12.2 Å². The molecule has 192 valence electrons. The minimum Gasteiger partial charge on any atom is -0.493 e. The van der Waals surface area contributed by atoms with Gasteiger partial charge in [-0.1, -0.05) is 66.5 Å². The summed E-state index contributed by atoms with van der Waals surface area (Å²) in [7, 11) is 0. The monoisotopic (exact) mass is 554 g/mol. The predicted molar refractivity (Wildman–Crippen MR) is 143 cm³/mol.